The fraction of sp³-hybridized carbons (Fsp3) is 0.389. The molecule has 0 spiro atoms. The predicted molar refractivity (Wildman–Crippen MR) is 90.8 cm³/mol. The fourth-order valence-corrected chi connectivity index (χ4v) is 3.33. The van der Waals surface area contributed by atoms with Crippen LogP contribution in [0.2, 0.25) is 0 Å². The van der Waals surface area contributed by atoms with Crippen LogP contribution in [-0.4, -0.2) is 40.1 Å². The van der Waals surface area contributed by atoms with E-state index in [1.54, 1.807) is 23.7 Å². The Bertz CT molecular complexity index is 840. The van der Waals surface area contributed by atoms with Gasteiger partial charge in [0.15, 0.2) is 0 Å². The summed E-state index contributed by atoms with van der Waals surface area (Å²) in [6.45, 7) is 2.71. The molecule has 0 saturated carbocycles. The van der Waals surface area contributed by atoms with Gasteiger partial charge in [0.25, 0.3) is 0 Å². The SMILES string of the molecule is CC1=C(C(=O)OC[C@@H]2CCCO2)[C@H](c2ccc(F)cc2)n2ncnc2N1. The van der Waals surface area contributed by atoms with Gasteiger partial charge in [-0.15, -0.1) is 0 Å². The van der Waals surface area contributed by atoms with Crippen LogP contribution in [0.1, 0.15) is 31.4 Å². The second-order valence-corrected chi connectivity index (χ2v) is 6.38. The first-order chi connectivity index (χ1) is 12.6. The lowest BCUT2D eigenvalue weighted by Gasteiger charge is -2.28. The minimum atomic E-state index is -0.536. The van der Waals surface area contributed by atoms with Crippen molar-refractivity contribution in [2.24, 2.45) is 0 Å². The molecule has 2 aliphatic rings. The highest BCUT2D eigenvalue weighted by Crippen LogP contribution is 2.35. The van der Waals surface area contributed by atoms with Gasteiger partial charge < -0.3 is 14.8 Å². The molecule has 2 atom stereocenters. The molecule has 0 amide bonds. The van der Waals surface area contributed by atoms with Crippen LogP contribution in [0.3, 0.4) is 0 Å². The third-order valence-electron chi connectivity index (χ3n) is 4.62. The Hall–Kier alpha value is -2.74. The Morgan fingerprint density at radius 3 is 2.96 bits per heavy atom. The molecule has 1 saturated heterocycles. The van der Waals surface area contributed by atoms with E-state index in [-0.39, 0.29) is 18.5 Å². The van der Waals surface area contributed by atoms with Gasteiger partial charge in [0.2, 0.25) is 5.95 Å². The summed E-state index contributed by atoms with van der Waals surface area (Å²) >= 11 is 0. The molecule has 0 unspecified atom stereocenters. The summed E-state index contributed by atoms with van der Waals surface area (Å²) in [6.07, 6.45) is 3.22. The summed E-state index contributed by atoms with van der Waals surface area (Å²) in [5.74, 6) is -0.266. The highest BCUT2D eigenvalue weighted by atomic mass is 19.1. The summed E-state index contributed by atoms with van der Waals surface area (Å²) in [4.78, 5) is 17.0. The van der Waals surface area contributed by atoms with Crippen LogP contribution >= 0.6 is 0 Å². The zero-order valence-corrected chi connectivity index (χ0v) is 14.3. The van der Waals surface area contributed by atoms with Crippen LogP contribution in [-0.2, 0) is 14.3 Å². The predicted octanol–water partition coefficient (Wildman–Crippen LogP) is 2.43. The third-order valence-corrected chi connectivity index (χ3v) is 4.62. The lowest BCUT2D eigenvalue weighted by molar-refractivity contribution is -0.142. The summed E-state index contributed by atoms with van der Waals surface area (Å²) in [6, 6.07) is 5.46. The van der Waals surface area contributed by atoms with Gasteiger partial charge in [0.1, 0.15) is 24.8 Å². The molecule has 0 aliphatic carbocycles. The van der Waals surface area contributed by atoms with Gasteiger partial charge >= 0.3 is 5.97 Å². The van der Waals surface area contributed by atoms with Crippen molar-refractivity contribution in [2.45, 2.75) is 31.9 Å². The van der Waals surface area contributed by atoms with Crippen molar-refractivity contribution >= 4 is 11.9 Å². The quantitative estimate of drug-likeness (QED) is 0.846. The topological polar surface area (TPSA) is 78.3 Å². The van der Waals surface area contributed by atoms with Crippen molar-refractivity contribution in [3.8, 4) is 0 Å². The van der Waals surface area contributed by atoms with Gasteiger partial charge in [-0.1, -0.05) is 12.1 Å². The number of halogens is 1. The maximum atomic E-state index is 13.4. The number of carbonyl (C=O) groups is 1. The van der Waals surface area contributed by atoms with Gasteiger partial charge in [-0.05, 0) is 37.5 Å². The van der Waals surface area contributed by atoms with Crippen LogP contribution in [0.5, 0.6) is 0 Å². The van der Waals surface area contributed by atoms with Gasteiger partial charge in [-0.2, -0.15) is 10.1 Å². The van der Waals surface area contributed by atoms with Crippen LogP contribution in [0.15, 0.2) is 41.9 Å². The van der Waals surface area contributed by atoms with Gasteiger partial charge in [-0.25, -0.2) is 13.9 Å². The number of hydrogen-bond acceptors (Lipinski definition) is 6. The number of benzene rings is 1. The monoisotopic (exact) mass is 358 g/mol. The number of aromatic nitrogens is 3. The number of anilines is 1. The molecular formula is C18H19FN4O3. The molecular weight excluding hydrogens is 339 g/mol. The zero-order chi connectivity index (χ0) is 18.1. The van der Waals surface area contributed by atoms with Crippen LogP contribution in [0, 0.1) is 5.82 Å². The molecule has 136 valence electrons. The third kappa shape index (κ3) is 3.08. The molecule has 1 N–H and O–H groups in total. The van der Waals surface area contributed by atoms with E-state index in [0.717, 1.165) is 18.4 Å². The van der Waals surface area contributed by atoms with Crippen molar-refractivity contribution < 1.29 is 18.7 Å². The minimum Gasteiger partial charge on any atom is -0.459 e. The van der Waals surface area contributed by atoms with Gasteiger partial charge in [0, 0.05) is 12.3 Å². The molecule has 8 heteroatoms. The first kappa shape index (κ1) is 16.7. The molecule has 7 nitrogen and oxygen atoms in total. The van der Waals surface area contributed by atoms with E-state index in [1.165, 1.54) is 18.5 Å². The van der Waals surface area contributed by atoms with Crippen LogP contribution in [0.25, 0.3) is 0 Å². The first-order valence-corrected chi connectivity index (χ1v) is 8.55. The van der Waals surface area contributed by atoms with Gasteiger partial charge in [-0.3, -0.25) is 0 Å². The molecule has 0 radical (unpaired) electrons. The van der Waals surface area contributed by atoms with E-state index in [9.17, 15) is 9.18 Å². The van der Waals surface area contributed by atoms with Crippen molar-refractivity contribution in [3.05, 3.63) is 53.2 Å². The number of fused-ring (bicyclic) bond motifs is 1. The van der Waals surface area contributed by atoms with Crippen LogP contribution in [0.4, 0.5) is 10.3 Å². The molecule has 26 heavy (non-hydrogen) atoms. The Morgan fingerprint density at radius 2 is 2.23 bits per heavy atom. The van der Waals surface area contributed by atoms with E-state index in [0.29, 0.717) is 23.8 Å². The standard InChI is InChI=1S/C18H19FN4O3/c1-11-15(17(24)26-9-14-3-2-8-25-14)16(12-4-6-13(19)7-5-12)23-18(22-11)20-10-21-23/h4-7,10,14,16H,2-3,8-9H2,1H3,(H,20,21,22)/t14-,16-/m0/s1. The summed E-state index contributed by atoms with van der Waals surface area (Å²) in [5, 5.41) is 7.30. The smallest absolute Gasteiger partial charge is 0.338 e. The molecule has 4 rings (SSSR count). The van der Waals surface area contributed by atoms with Crippen molar-refractivity contribution in [1.82, 2.24) is 14.8 Å². The normalized spacial score (nSPS) is 22.1. The Balaban J connectivity index is 1.65. The van der Waals surface area contributed by atoms with Crippen molar-refractivity contribution in [2.75, 3.05) is 18.5 Å². The molecule has 1 aromatic carbocycles. The van der Waals surface area contributed by atoms with E-state index >= 15 is 0 Å². The minimum absolute atomic E-state index is 0.0531. The number of nitrogens with zero attached hydrogens (tertiary/aromatic N) is 3. The molecule has 2 aliphatic heterocycles. The molecule has 1 fully saturated rings. The summed E-state index contributed by atoms with van der Waals surface area (Å²) in [5.41, 5.74) is 1.79. The Morgan fingerprint density at radius 1 is 1.42 bits per heavy atom. The maximum Gasteiger partial charge on any atom is 0.338 e. The number of esters is 1. The van der Waals surface area contributed by atoms with E-state index < -0.39 is 12.0 Å². The lowest BCUT2D eigenvalue weighted by atomic mass is 9.96. The molecule has 2 aromatic rings. The van der Waals surface area contributed by atoms with E-state index in [4.69, 9.17) is 9.47 Å². The Labute approximate surface area is 149 Å². The second kappa shape index (κ2) is 6.87. The zero-order valence-electron chi connectivity index (χ0n) is 14.3. The summed E-state index contributed by atoms with van der Waals surface area (Å²) < 4.78 is 26.0. The number of carbonyl (C=O) groups excluding carboxylic acids is 1. The van der Waals surface area contributed by atoms with E-state index in [1.807, 2.05) is 0 Å². The highest BCUT2D eigenvalue weighted by molar-refractivity contribution is 5.92. The number of allylic oxidation sites excluding steroid dienone is 1. The van der Waals surface area contributed by atoms with Crippen molar-refractivity contribution in [1.29, 1.82) is 0 Å². The largest absolute Gasteiger partial charge is 0.459 e. The average molecular weight is 358 g/mol. The average Bonchev–Trinajstić information content (AvgIpc) is 3.30. The number of rotatable bonds is 4. The van der Waals surface area contributed by atoms with Crippen molar-refractivity contribution in [3.63, 3.8) is 0 Å². The molecule has 1 aromatic heterocycles. The molecule has 3 heterocycles. The number of ether oxygens (including phenoxy) is 2. The maximum absolute atomic E-state index is 13.4. The summed E-state index contributed by atoms with van der Waals surface area (Å²) in [7, 11) is 0. The second-order valence-electron chi connectivity index (χ2n) is 6.38. The Kier molecular flexibility index (Phi) is 4.42. The first-order valence-electron chi connectivity index (χ1n) is 8.55. The lowest BCUT2D eigenvalue weighted by Crippen LogP contribution is -2.30. The molecule has 0 bridgehead atoms. The van der Waals surface area contributed by atoms with Crippen LogP contribution < -0.4 is 5.32 Å². The number of hydrogen-bond donors (Lipinski definition) is 1. The number of nitrogens with one attached hydrogen (secondary N) is 1. The fourth-order valence-electron chi connectivity index (χ4n) is 3.33. The van der Waals surface area contributed by atoms with Gasteiger partial charge in [0.05, 0.1) is 11.7 Å². The van der Waals surface area contributed by atoms with E-state index in [2.05, 4.69) is 15.4 Å². The highest BCUT2D eigenvalue weighted by Gasteiger charge is 2.34.